The van der Waals surface area contributed by atoms with E-state index in [2.05, 4.69) is 20.9 Å². The normalized spacial score (nSPS) is 13.9. The first-order chi connectivity index (χ1) is 12.4. The SMILES string of the molecule is CN(C)c1cccc2c(S(=O)(=O)N3CCc4cc(Br)cnc43)cccc12. The molecule has 0 N–H and O–H groups in total. The molecular weight excluding hydrogens is 414 g/mol. The van der Waals surface area contributed by atoms with Crippen LogP contribution in [-0.4, -0.2) is 34.0 Å². The number of rotatable bonds is 3. The zero-order valence-electron chi connectivity index (χ0n) is 14.5. The molecule has 0 saturated heterocycles. The van der Waals surface area contributed by atoms with Gasteiger partial charge in [0.15, 0.2) is 0 Å². The van der Waals surface area contributed by atoms with Crippen LogP contribution in [-0.2, 0) is 16.4 Å². The number of hydrogen-bond acceptors (Lipinski definition) is 4. The van der Waals surface area contributed by atoms with Crippen LogP contribution >= 0.6 is 15.9 Å². The standard InChI is InChI=1S/C19H18BrN3O2S/c1-22(2)17-7-3-6-16-15(17)5-4-8-18(16)26(24,25)23-10-9-13-11-14(20)12-21-19(13)23/h3-8,11-12H,9-10H2,1-2H3. The number of halogens is 1. The highest BCUT2D eigenvalue weighted by molar-refractivity contribution is 9.10. The van der Waals surface area contributed by atoms with Crippen molar-refractivity contribution in [1.82, 2.24) is 4.98 Å². The van der Waals surface area contributed by atoms with Crippen molar-refractivity contribution in [2.24, 2.45) is 0 Å². The van der Waals surface area contributed by atoms with Gasteiger partial charge < -0.3 is 4.90 Å². The van der Waals surface area contributed by atoms with Crippen LogP contribution in [0, 0.1) is 0 Å². The summed E-state index contributed by atoms with van der Waals surface area (Å²) in [4.78, 5) is 6.65. The third-order valence-corrected chi connectivity index (χ3v) is 6.92. The maximum atomic E-state index is 13.4. The van der Waals surface area contributed by atoms with Gasteiger partial charge in [-0.15, -0.1) is 0 Å². The monoisotopic (exact) mass is 431 g/mol. The van der Waals surface area contributed by atoms with Crippen LogP contribution < -0.4 is 9.21 Å². The molecule has 0 amide bonds. The first kappa shape index (κ1) is 17.3. The van der Waals surface area contributed by atoms with E-state index in [1.807, 2.05) is 49.3 Å². The Labute approximate surface area is 161 Å². The lowest BCUT2D eigenvalue weighted by Gasteiger charge is -2.21. The third-order valence-electron chi connectivity index (χ3n) is 4.64. The zero-order chi connectivity index (χ0) is 18.5. The van der Waals surface area contributed by atoms with Crippen LogP contribution in [0.25, 0.3) is 10.8 Å². The number of aromatic nitrogens is 1. The Morgan fingerprint density at radius 2 is 1.85 bits per heavy atom. The topological polar surface area (TPSA) is 53.5 Å². The van der Waals surface area contributed by atoms with E-state index in [1.165, 1.54) is 4.31 Å². The van der Waals surface area contributed by atoms with Crippen LogP contribution in [0.15, 0.2) is 58.0 Å². The fourth-order valence-corrected chi connectivity index (χ4v) is 5.49. The lowest BCUT2D eigenvalue weighted by atomic mass is 10.1. The van der Waals surface area contributed by atoms with E-state index in [0.29, 0.717) is 23.7 Å². The maximum absolute atomic E-state index is 13.4. The highest BCUT2D eigenvalue weighted by Crippen LogP contribution is 2.36. The summed E-state index contributed by atoms with van der Waals surface area (Å²) in [6, 6.07) is 13.1. The van der Waals surface area contributed by atoms with Gasteiger partial charge in [0.05, 0.1) is 4.90 Å². The number of hydrogen-bond donors (Lipinski definition) is 0. The van der Waals surface area contributed by atoms with Gasteiger partial charge in [0.25, 0.3) is 10.0 Å². The van der Waals surface area contributed by atoms with Crippen LogP contribution in [0.3, 0.4) is 0 Å². The minimum atomic E-state index is -3.70. The van der Waals surface area contributed by atoms with Gasteiger partial charge in [-0.25, -0.2) is 17.7 Å². The second kappa shape index (κ2) is 6.25. The van der Waals surface area contributed by atoms with E-state index < -0.39 is 10.0 Å². The molecule has 0 aliphatic carbocycles. The van der Waals surface area contributed by atoms with Crippen molar-refractivity contribution in [3.63, 3.8) is 0 Å². The molecule has 7 heteroatoms. The van der Waals surface area contributed by atoms with E-state index in [4.69, 9.17) is 0 Å². The fraction of sp³-hybridized carbons (Fsp3) is 0.211. The smallest absolute Gasteiger partial charge is 0.266 e. The van der Waals surface area contributed by atoms with Gasteiger partial charge >= 0.3 is 0 Å². The molecule has 0 fully saturated rings. The third kappa shape index (κ3) is 2.66. The largest absolute Gasteiger partial charge is 0.377 e. The van der Waals surface area contributed by atoms with E-state index in [9.17, 15) is 8.42 Å². The molecule has 0 radical (unpaired) electrons. The number of fused-ring (bicyclic) bond motifs is 2. The van der Waals surface area contributed by atoms with Crippen LogP contribution in [0.5, 0.6) is 0 Å². The van der Waals surface area contributed by atoms with Gasteiger partial charge in [0, 0.05) is 47.8 Å². The summed E-state index contributed by atoms with van der Waals surface area (Å²) in [6.45, 7) is 0.408. The summed E-state index contributed by atoms with van der Waals surface area (Å²) in [5.41, 5.74) is 1.93. The van der Waals surface area contributed by atoms with Crippen molar-refractivity contribution in [2.75, 3.05) is 29.8 Å². The van der Waals surface area contributed by atoms with Crippen molar-refractivity contribution < 1.29 is 8.42 Å². The van der Waals surface area contributed by atoms with Gasteiger partial charge in [-0.1, -0.05) is 24.3 Å². The molecule has 2 heterocycles. The highest BCUT2D eigenvalue weighted by Gasteiger charge is 2.33. The summed E-state index contributed by atoms with van der Waals surface area (Å²) in [5, 5.41) is 1.64. The molecule has 1 aliphatic rings. The molecule has 0 unspecified atom stereocenters. The summed E-state index contributed by atoms with van der Waals surface area (Å²) in [5.74, 6) is 0.522. The number of pyridine rings is 1. The number of sulfonamides is 1. The van der Waals surface area contributed by atoms with Gasteiger partial charge in [0.1, 0.15) is 5.82 Å². The minimum Gasteiger partial charge on any atom is -0.377 e. The lowest BCUT2D eigenvalue weighted by molar-refractivity contribution is 0.593. The summed E-state index contributed by atoms with van der Waals surface area (Å²) < 4.78 is 29.2. The lowest BCUT2D eigenvalue weighted by Crippen LogP contribution is -2.29. The fourth-order valence-electron chi connectivity index (χ4n) is 3.44. The number of benzene rings is 2. The van der Waals surface area contributed by atoms with Gasteiger partial charge in [-0.3, -0.25) is 0 Å². The van der Waals surface area contributed by atoms with Crippen molar-refractivity contribution in [3.8, 4) is 0 Å². The number of nitrogens with zero attached hydrogens (tertiary/aromatic N) is 3. The van der Waals surface area contributed by atoms with Crippen LogP contribution in [0.1, 0.15) is 5.56 Å². The van der Waals surface area contributed by atoms with Crippen molar-refractivity contribution >= 4 is 48.2 Å². The zero-order valence-corrected chi connectivity index (χ0v) is 16.9. The minimum absolute atomic E-state index is 0.316. The molecule has 134 valence electrons. The second-order valence-electron chi connectivity index (χ2n) is 6.49. The van der Waals surface area contributed by atoms with Crippen molar-refractivity contribution in [2.45, 2.75) is 11.3 Å². The highest BCUT2D eigenvalue weighted by atomic mass is 79.9. The Morgan fingerprint density at radius 3 is 2.62 bits per heavy atom. The average molecular weight is 432 g/mol. The Morgan fingerprint density at radius 1 is 1.12 bits per heavy atom. The molecule has 1 aromatic heterocycles. The first-order valence-electron chi connectivity index (χ1n) is 8.26. The van der Waals surface area contributed by atoms with Gasteiger partial charge in [0.2, 0.25) is 0 Å². The summed E-state index contributed by atoms with van der Waals surface area (Å²) in [6.07, 6.45) is 2.30. The summed E-state index contributed by atoms with van der Waals surface area (Å²) >= 11 is 3.40. The Hall–Kier alpha value is -2.12. The molecular formula is C19H18BrN3O2S. The predicted molar refractivity (Wildman–Crippen MR) is 108 cm³/mol. The van der Waals surface area contributed by atoms with Crippen molar-refractivity contribution in [1.29, 1.82) is 0 Å². The number of anilines is 2. The maximum Gasteiger partial charge on any atom is 0.266 e. The average Bonchev–Trinajstić information content (AvgIpc) is 3.04. The Balaban J connectivity index is 1.90. The molecule has 0 atom stereocenters. The Bertz CT molecular complexity index is 1110. The van der Waals surface area contributed by atoms with E-state index in [0.717, 1.165) is 26.5 Å². The molecule has 3 aromatic rings. The molecule has 0 spiro atoms. The first-order valence-corrected chi connectivity index (χ1v) is 10.5. The van der Waals surface area contributed by atoms with Crippen LogP contribution in [0.4, 0.5) is 11.5 Å². The molecule has 1 aliphatic heterocycles. The van der Waals surface area contributed by atoms with Crippen molar-refractivity contribution in [3.05, 3.63) is 58.7 Å². The molecule has 5 nitrogen and oxygen atoms in total. The molecule has 0 bridgehead atoms. The molecule has 2 aromatic carbocycles. The predicted octanol–water partition coefficient (Wildman–Crippen LogP) is 3.81. The Kier molecular flexibility index (Phi) is 4.16. The molecule has 0 saturated carbocycles. The second-order valence-corrected chi connectivity index (χ2v) is 9.23. The quantitative estimate of drug-likeness (QED) is 0.632. The van der Waals surface area contributed by atoms with Crippen LogP contribution in [0.2, 0.25) is 0 Å². The van der Waals surface area contributed by atoms with E-state index >= 15 is 0 Å². The van der Waals surface area contributed by atoms with Gasteiger partial charge in [-0.2, -0.15) is 0 Å². The molecule has 4 rings (SSSR count). The van der Waals surface area contributed by atoms with E-state index in [1.54, 1.807) is 18.3 Å². The van der Waals surface area contributed by atoms with Gasteiger partial charge in [-0.05, 0) is 46.1 Å². The molecule has 26 heavy (non-hydrogen) atoms. The van der Waals surface area contributed by atoms with E-state index in [-0.39, 0.29) is 0 Å². The summed E-state index contributed by atoms with van der Waals surface area (Å²) in [7, 11) is 0.209.